The Balaban J connectivity index is 2.49. The average molecular weight is 211 g/mol. The minimum absolute atomic E-state index is 0.297. The number of aromatic nitrogens is 4. The maximum atomic E-state index is 7.39. The third-order valence-corrected chi connectivity index (χ3v) is 2.07. The van der Waals surface area contributed by atoms with Gasteiger partial charge in [-0.2, -0.15) is 14.6 Å². The van der Waals surface area contributed by atoms with Crippen molar-refractivity contribution in [1.29, 1.82) is 0 Å². The molecular weight excluding hydrogens is 190 g/mol. The number of rotatable bonds is 3. The molecular formula is C10H15N5. The molecule has 0 radical (unpaired) electrons. The fourth-order valence-corrected chi connectivity index (χ4v) is 1.35. The minimum atomic E-state index is -2.30. The molecule has 0 saturated carbocycles. The Labute approximate surface area is 97.2 Å². The monoisotopic (exact) mass is 211 g/mol. The van der Waals surface area contributed by atoms with Crippen LogP contribution in [0.3, 0.4) is 0 Å². The molecule has 0 unspecified atom stereocenters. The highest BCUT2D eigenvalue weighted by Gasteiger charge is 2.09. The van der Waals surface area contributed by atoms with Crippen LogP contribution in [-0.4, -0.2) is 32.7 Å². The van der Waals surface area contributed by atoms with Crippen LogP contribution in [0.15, 0.2) is 12.4 Å². The molecule has 0 fully saturated rings. The first-order chi connectivity index (χ1) is 9.55. The summed E-state index contributed by atoms with van der Waals surface area (Å²) in [6, 6.07) is 1.60. The van der Waals surface area contributed by atoms with E-state index in [-0.39, 0.29) is 0 Å². The van der Waals surface area contributed by atoms with Crippen LogP contribution in [0.2, 0.25) is 0 Å². The molecule has 5 heteroatoms. The molecule has 80 valence electrons. The van der Waals surface area contributed by atoms with E-state index in [0.29, 0.717) is 17.3 Å². The SMILES string of the molecule is [2H]C([2H])([2H])CN(CC([2H])([2H])[2H])c1cc(C)nc2ncnn12. The summed E-state index contributed by atoms with van der Waals surface area (Å²) in [5.41, 5.74) is 0.603. The van der Waals surface area contributed by atoms with E-state index in [1.807, 2.05) is 0 Å². The molecule has 15 heavy (non-hydrogen) atoms. The zero-order chi connectivity index (χ0) is 15.8. The van der Waals surface area contributed by atoms with Crippen LogP contribution in [0.1, 0.15) is 27.6 Å². The van der Waals surface area contributed by atoms with Crippen molar-refractivity contribution in [2.45, 2.75) is 20.6 Å². The van der Waals surface area contributed by atoms with Crippen LogP contribution in [-0.2, 0) is 0 Å². The lowest BCUT2D eigenvalue weighted by Gasteiger charge is -2.21. The van der Waals surface area contributed by atoms with Gasteiger partial charge >= 0.3 is 0 Å². The van der Waals surface area contributed by atoms with Crippen LogP contribution >= 0.6 is 0 Å². The molecule has 0 aromatic carbocycles. The maximum Gasteiger partial charge on any atom is 0.254 e. The van der Waals surface area contributed by atoms with E-state index >= 15 is 0 Å². The van der Waals surface area contributed by atoms with Crippen molar-refractivity contribution < 1.29 is 8.22 Å². The summed E-state index contributed by atoms with van der Waals surface area (Å²) in [5, 5.41) is 3.97. The van der Waals surface area contributed by atoms with Gasteiger partial charge in [-0.05, 0) is 20.6 Å². The number of hydrogen-bond acceptors (Lipinski definition) is 4. The lowest BCUT2D eigenvalue weighted by Crippen LogP contribution is -2.25. The largest absolute Gasteiger partial charge is 0.357 e. The van der Waals surface area contributed by atoms with E-state index in [9.17, 15) is 0 Å². The van der Waals surface area contributed by atoms with Crippen LogP contribution < -0.4 is 4.90 Å². The second kappa shape index (κ2) is 3.84. The van der Waals surface area contributed by atoms with Gasteiger partial charge < -0.3 is 4.90 Å². The summed E-state index contributed by atoms with van der Waals surface area (Å²) in [7, 11) is 0. The van der Waals surface area contributed by atoms with Gasteiger partial charge in [0.25, 0.3) is 5.78 Å². The third kappa shape index (κ3) is 1.65. The van der Waals surface area contributed by atoms with Gasteiger partial charge in [0.1, 0.15) is 12.1 Å². The second-order valence-corrected chi connectivity index (χ2v) is 3.08. The molecule has 2 heterocycles. The quantitative estimate of drug-likeness (QED) is 0.767. The van der Waals surface area contributed by atoms with Crippen LogP contribution in [0.5, 0.6) is 0 Å². The highest BCUT2D eigenvalue weighted by atomic mass is 15.4. The highest BCUT2D eigenvalue weighted by molar-refractivity contribution is 5.46. The molecule has 0 N–H and O–H groups in total. The van der Waals surface area contributed by atoms with Gasteiger partial charge in [0.2, 0.25) is 0 Å². The molecule has 0 amide bonds. The van der Waals surface area contributed by atoms with Gasteiger partial charge in [0.15, 0.2) is 0 Å². The third-order valence-electron chi connectivity index (χ3n) is 2.07. The van der Waals surface area contributed by atoms with E-state index in [2.05, 4.69) is 15.1 Å². The first-order valence-corrected chi connectivity index (χ1v) is 4.47. The van der Waals surface area contributed by atoms with Gasteiger partial charge in [-0.25, -0.2) is 4.98 Å². The van der Waals surface area contributed by atoms with Gasteiger partial charge in [-0.3, -0.25) is 0 Å². The first-order valence-electron chi connectivity index (χ1n) is 7.47. The Hall–Kier alpha value is -1.65. The van der Waals surface area contributed by atoms with Crippen LogP contribution in [0.25, 0.3) is 5.78 Å². The summed E-state index contributed by atoms with van der Waals surface area (Å²) >= 11 is 0. The predicted molar refractivity (Wildman–Crippen MR) is 59.1 cm³/mol. The van der Waals surface area contributed by atoms with Crippen LogP contribution in [0, 0.1) is 6.92 Å². The van der Waals surface area contributed by atoms with Crippen molar-refractivity contribution in [1.82, 2.24) is 19.6 Å². The molecule has 0 spiro atoms. The molecule has 0 bridgehead atoms. The minimum Gasteiger partial charge on any atom is -0.357 e. The number of aryl methyl sites for hydroxylation is 1. The molecule has 0 atom stereocenters. The molecule has 0 aliphatic carbocycles. The summed E-state index contributed by atoms with van der Waals surface area (Å²) in [6.07, 6.45) is 1.29. The molecule has 2 aromatic heterocycles. The number of anilines is 1. The molecule has 0 aliphatic rings. The number of fused-ring (bicyclic) bond motifs is 1. The zero-order valence-electron chi connectivity index (χ0n) is 14.3. The smallest absolute Gasteiger partial charge is 0.254 e. The summed E-state index contributed by atoms with van der Waals surface area (Å²) in [4.78, 5) is 9.38. The lowest BCUT2D eigenvalue weighted by atomic mass is 10.4. The van der Waals surface area contributed by atoms with Gasteiger partial charge in [0, 0.05) is 33.1 Å². The maximum absolute atomic E-state index is 7.39. The Bertz CT molecular complexity index is 615. The first kappa shape index (κ1) is 4.92. The Morgan fingerprint density at radius 3 is 3.00 bits per heavy atom. The van der Waals surface area contributed by atoms with E-state index in [0.717, 1.165) is 0 Å². The van der Waals surface area contributed by atoms with Gasteiger partial charge in [0.05, 0.1) is 0 Å². The van der Waals surface area contributed by atoms with Crippen molar-refractivity contribution in [3.05, 3.63) is 18.1 Å². The second-order valence-electron chi connectivity index (χ2n) is 3.08. The van der Waals surface area contributed by atoms with Crippen molar-refractivity contribution >= 4 is 11.6 Å². The van der Waals surface area contributed by atoms with Gasteiger partial charge in [-0.15, -0.1) is 0 Å². The molecule has 5 nitrogen and oxygen atoms in total. The normalized spacial score (nSPS) is 18.5. The van der Waals surface area contributed by atoms with Crippen LogP contribution in [0.4, 0.5) is 5.82 Å². The van der Waals surface area contributed by atoms with Crippen molar-refractivity contribution in [2.75, 3.05) is 18.0 Å². The van der Waals surface area contributed by atoms with E-state index in [1.54, 1.807) is 13.0 Å². The fourth-order valence-electron chi connectivity index (χ4n) is 1.35. The molecule has 2 aromatic rings. The summed E-state index contributed by atoms with van der Waals surface area (Å²) in [6.45, 7) is -3.67. The molecule has 2 rings (SSSR count). The van der Waals surface area contributed by atoms with Crippen molar-refractivity contribution in [2.24, 2.45) is 0 Å². The number of nitrogens with zero attached hydrogens (tertiary/aromatic N) is 5. The molecule has 0 saturated heterocycles. The molecule has 0 aliphatic heterocycles. The van der Waals surface area contributed by atoms with E-state index in [1.165, 1.54) is 15.7 Å². The standard InChI is InChI=1S/C10H15N5/c1-4-14(5-2)9-6-8(3)13-10-11-7-12-15(9)10/h6-7H,4-5H2,1-3H3/i1D3,2D3. The number of hydrogen-bond donors (Lipinski definition) is 0. The van der Waals surface area contributed by atoms with E-state index in [4.69, 9.17) is 8.22 Å². The lowest BCUT2D eigenvalue weighted by molar-refractivity contribution is 0.796. The Morgan fingerprint density at radius 1 is 1.47 bits per heavy atom. The Kier molecular flexibility index (Phi) is 1.26. The fraction of sp³-hybridized carbons (Fsp3) is 0.500. The predicted octanol–water partition coefficient (Wildman–Crippen LogP) is 1.28. The van der Waals surface area contributed by atoms with Crippen molar-refractivity contribution in [3.63, 3.8) is 0 Å². The Morgan fingerprint density at radius 2 is 2.27 bits per heavy atom. The zero-order valence-corrected chi connectivity index (χ0v) is 8.30. The van der Waals surface area contributed by atoms with Crippen molar-refractivity contribution in [3.8, 4) is 0 Å². The van der Waals surface area contributed by atoms with Gasteiger partial charge in [-0.1, -0.05) is 0 Å². The average Bonchev–Trinajstić information content (AvgIpc) is 2.70. The topological polar surface area (TPSA) is 46.3 Å². The van der Waals surface area contributed by atoms with E-state index < -0.39 is 26.8 Å². The highest BCUT2D eigenvalue weighted by Crippen LogP contribution is 2.14. The summed E-state index contributed by atoms with van der Waals surface area (Å²) < 4.78 is 45.7. The summed E-state index contributed by atoms with van der Waals surface area (Å²) in [5.74, 6) is 0.647.